The van der Waals surface area contributed by atoms with Crippen LogP contribution >= 0.6 is 0 Å². The number of unbranched alkanes of at least 4 members (excludes halogenated alkanes) is 21. The van der Waals surface area contributed by atoms with Gasteiger partial charge < -0.3 is 0 Å². The molecule has 0 rings (SSSR count). The number of hydrogen-bond donors (Lipinski definition) is 0. The van der Waals surface area contributed by atoms with Gasteiger partial charge in [0.2, 0.25) is 0 Å². The molecule has 0 aliphatic heterocycles. The van der Waals surface area contributed by atoms with Gasteiger partial charge in [-0.25, -0.2) is 0 Å². The maximum atomic E-state index is 4.39. The second-order valence-corrected chi connectivity index (χ2v) is 9.87. The van der Waals surface area contributed by atoms with Gasteiger partial charge in [-0.15, -0.1) is 0 Å². The van der Waals surface area contributed by atoms with E-state index in [1.807, 2.05) is 0 Å². The van der Waals surface area contributed by atoms with Crippen LogP contribution in [0.3, 0.4) is 0 Å². The Bertz CT molecular complexity index is 269. The van der Waals surface area contributed by atoms with Crippen molar-refractivity contribution in [2.75, 3.05) is 0 Å². The Kier molecular flexibility index (Phi) is 26.0. The van der Waals surface area contributed by atoms with Crippen LogP contribution in [0.1, 0.15) is 174 Å². The van der Waals surface area contributed by atoms with Crippen LogP contribution < -0.4 is 0 Å². The third-order valence-electron chi connectivity index (χ3n) is 6.68. The summed E-state index contributed by atoms with van der Waals surface area (Å²) >= 11 is 0. The highest BCUT2D eigenvalue weighted by Gasteiger charge is 2.02. The summed E-state index contributed by atoms with van der Waals surface area (Å²) in [4.78, 5) is 0. The van der Waals surface area contributed by atoms with E-state index >= 15 is 0 Å². The summed E-state index contributed by atoms with van der Waals surface area (Å²) in [6.07, 6.45) is 36.1. The summed E-state index contributed by atoms with van der Waals surface area (Å²) in [5.74, 6) is 0.720. The van der Waals surface area contributed by atoms with Gasteiger partial charge in [-0.3, -0.25) is 0 Å². The van der Waals surface area contributed by atoms with Gasteiger partial charge in [0.05, 0.1) is 0 Å². The fourth-order valence-corrected chi connectivity index (χ4v) is 4.52. The van der Waals surface area contributed by atoms with Gasteiger partial charge in [-0.05, 0) is 5.92 Å². The van der Waals surface area contributed by atoms with Gasteiger partial charge in [0.15, 0.2) is 0 Å². The summed E-state index contributed by atoms with van der Waals surface area (Å²) in [6.45, 7) is 8.99. The molecule has 0 spiro atoms. The van der Waals surface area contributed by atoms with Crippen LogP contribution in [0, 0.1) is 12.8 Å². The lowest BCUT2D eigenvalue weighted by atomic mass is 9.95. The minimum atomic E-state index is 0.720. The summed E-state index contributed by atoms with van der Waals surface area (Å²) < 4.78 is 0. The molecule has 0 N–H and O–H groups in total. The summed E-state index contributed by atoms with van der Waals surface area (Å²) in [7, 11) is 0. The van der Waals surface area contributed by atoms with E-state index in [2.05, 4.69) is 20.8 Å². The molecule has 0 aromatic rings. The first-order chi connectivity index (χ1) is 14.3. The highest BCUT2D eigenvalue weighted by molar-refractivity contribution is 4.62. The molecular weight excluding hydrogens is 348 g/mol. The Morgan fingerprint density at radius 3 is 0.793 bits per heavy atom. The number of hydrogen-bond acceptors (Lipinski definition) is 0. The number of rotatable bonds is 25. The molecule has 0 fully saturated rings. The van der Waals surface area contributed by atoms with Gasteiger partial charge in [0.1, 0.15) is 0 Å². The Labute approximate surface area is 187 Å². The first-order valence-corrected chi connectivity index (χ1v) is 14.1. The van der Waals surface area contributed by atoms with E-state index in [-0.39, 0.29) is 0 Å². The zero-order valence-corrected chi connectivity index (χ0v) is 21.0. The van der Waals surface area contributed by atoms with Crippen molar-refractivity contribution in [3.8, 4) is 0 Å². The van der Waals surface area contributed by atoms with Crippen LogP contribution in [0.4, 0.5) is 0 Å². The third kappa shape index (κ3) is 26.0. The van der Waals surface area contributed by atoms with Crippen molar-refractivity contribution in [2.24, 2.45) is 5.92 Å². The quantitative estimate of drug-likeness (QED) is 0.132. The van der Waals surface area contributed by atoms with Crippen molar-refractivity contribution in [2.45, 2.75) is 174 Å². The molecule has 29 heavy (non-hydrogen) atoms. The molecule has 0 heterocycles. The van der Waals surface area contributed by atoms with Crippen molar-refractivity contribution in [3.05, 3.63) is 6.92 Å². The average molecular weight is 408 g/mol. The second-order valence-electron chi connectivity index (χ2n) is 9.87. The molecule has 1 radical (unpaired) electrons. The maximum Gasteiger partial charge on any atom is -0.0414 e. The van der Waals surface area contributed by atoms with Crippen LogP contribution in [-0.4, -0.2) is 0 Å². The molecule has 0 aliphatic rings. The Morgan fingerprint density at radius 2 is 0.552 bits per heavy atom. The van der Waals surface area contributed by atoms with E-state index < -0.39 is 0 Å². The van der Waals surface area contributed by atoms with Crippen molar-refractivity contribution < 1.29 is 0 Å². The van der Waals surface area contributed by atoms with Gasteiger partial charge >= 0.3 is 0 Å². The van der Waals surface area contributed by atoms with Crippen LogP contribution in [0.2, 0.25) is 0 Å². The minimum absolute atomic E-state index is 0.720. The standard InChI is InChI=1S/C29H59/c1-4-6-8-10-12-13-14-15-16-17-18-19-20-22-24-26-28-29(3)27-25-23-21-11-9-7-5-2/h29H,3-28H2,1-2H3. The highest BCUT2D eigenvalue weighted by Crippen LogP contribution is 2.19. The lowest BCUT2D eigenvalue weighted by molar-refractivity contribution is 0.460. The van der Waals surface area contributed by atoms with Gasteiger partial charge in [-0.1, -0.05) is 181 Å². The lowest BCUT2D eigenvalue weighted by Crippen LogP contribution is -1.95. The SMILES string of the molecule is [CH2]C(CCCCCCCCC)CCCCCCCCCCCCCCCCCC. The van der Waals surface area contributed by atoms with E-state index in [0.717, 1.165) is 5.92 Å². The van der Waals surface area contributed by atoms with E-state index in [4.69, 9.17) is 0 Å². The van der Waals surface area contributed by atoms with Crippen LogP contribution in [0.5, 0.6) is 0 Å². The van der Waals surface area contributed by atoms with Crippen LogP contribution in [0.25, 0.3) is 0 Å². The summed E-state index contributed by atoms with van der Waals surface area (Å²) in [6, 6.07) is 0. The van der Waals surface area contributed by atoms with E-state index in [1.54, 1.807) is 0 Å². The normalized spacial score (nSPS) is 12.5. The Hall–Kier alpha value is 0. The molecule has 0 amide bonds. The zero-order valence-electron chi connectivity index (χ0n) is 21.0. The molecule has 0 saturated carbocycles. The van der Waals surface area contributed by atoms with Crippen molar-refractivity contribution >= 4 is 0 Å². The minimum Gasteiger partial charge on any atom is -0.0654 e. The van der Waals surface area contributed by atoms with Crippen molar-refractivity contribution in [1.29, 1.82) is 0 Å². The fraction of sp³-hybridized carbons (Fsp3) is 0.966. The molecule has 0 aromatic heterocycles. The van der Waals surface area contributed by atoms with Crippen LogP contribution in [-0.2, 0) is 0 Å². The van der Waals surface area contributed by atoms with Crippen molar-refractivity contribution in [1.82, 2.24) is 0 Å². The predicted octanol–water partition coefficient (Wildman–Crippen LogP) is 11.2. The molecule has 1 atom stereocenters. The summed E-state index contributed by atoms with van der Waals surface area (Å²) in [5.41, 5.74) is 0. The third-order valence-corrected chi connectivity index (χ3v) is 6.68. The lowest BCUT2D eigenvalue weighted by Gasteiger charge is -2.11. The molecular formula is C29H59. The largest absolute Gasteiger partial charge is 0.0654 e. The molecule has 0 saturated heterocycles. The monoisotopic (exact) mass is 407 g/mol. The molecule has 0 bridgehead atoms. The van der Waals surface area contributed by atoms with Gasteiger partial charge in [0.25, 0.3) is 0 Å². The second kappa shape index (κ2) is 26.0. The maximum absolute atomic E-state index is 4.39. The van der Waals surface area contributed by atoms with Gasteiger partial charge in [-0.2, -0.15) is 0 Å². The highest BCUT2D eigenvalue weighted by atomic mass is 14.1. The fourth-order valence-electron chi connectivity index (χ4n) is 4.52. The molecule has 0 heteroatoms. The Morgan fingerprint density at radius 1 is 0.345 bits per heavy atom. The van der Waals surface area contributed by atoms with E-state index in [9.17, 15) is 0 Å². The van der Waals surface area contributed by atoms with Gasteiger partial charge in [0, 0.05) is 0 Å². The van der Waals surface area contributed by atoms with E-state index in [0.29, 0.717) is 0 Å². The zero-order chi connectivity index (χ0) is 21.3. The topological polar surface area (TPSA) is 0 Å². The molecule has 0 aromatic carbocycles. The van der Waals surface area contributed by atoms with Crippen molar-refractivity contribution in [3.63, 3.8) is 0 Å². The molecule has 175 valence electrons. The first kappa shape index (κ1) is 29.0. The van der Waals surface area contributed by atoms with Crippen LogP contribution in [0.15, 0.2) is 0 Å². The smallest absolute Gasteiger partial charge is 0.0414 e. The summed E-state index contributed by atoms with van der Waals surface area (Å²) in [5, 5.41) is 0. The van der Waals surface area contributed by atoms with E-state index in [1.165, 1.54) is 161 Å². The molecule has 1 unspecified atom stereocenters. The molecule has 0 aliphatic carbocycles. The Balaban J connectivity index is 3.10. The first-order valence-electron chi connectivity index (χ1n) is 14.1. The average Bonchev–Trinajstić information content (AvgIpc) is 2.72. The predicted molar refractivity (Wildman–Crippen MR) is 136 cm³/mol. The molecule has 0 nitrogen and oxygen atoms in total.